The van der Waals surface area contributed by atoms with Crippen molar-refractivity contribution in [3.8, 4) is 0 Å². The van der Waals surface area contributed by atoms with Crippen LogP contribution in [0.4, 0.5) is 0 Å². The van der Waals surface area contributed by atoms with Gasteiger partial charge in [-0.1, -0.05) is 0 Å². The third kappa shape index (κ3) is 4.55. The fraction of sp³-hybridized carbons (Fsp3) is 0.667. The van der Waals surface area contributed by atoms with Crippen molar-refractivity contribution in [3.05, 3.63) is 0 Å². The van der Waals surface area contributed by atoms with E-state index in [1.807, 2.05) is 19.6 Å². The molecule has 4 nitrogen and oxygen atoms in total. The van der Waals surface area contributed by atoms with E-state index >= 15 is 0 Å². The smallest absolute Gasteiger partial charge is 0.415 e. The fourth-order valence-electron chi connectivity index (χ4n) is 0.403. The highest BCUT2D eigenvalue weighted by atomic mass is 28.4. The van der Waals surface area contributed by atoms with Crippen LogP contribution in [-0.2, 0) is 18.8 Å². The molecule has 0 spiro atoms. The van der Waals surface area contributed by atoms with Crippen molar-refractivity contribution >= 4 is 20.3 Å². The maximum Gasteiger partial charge on any atom is 0.415 e. The number of carbonyl (C=O) groups is 2. The molecule has 0 aliphatic carbocycles. The molecule has 0 bridgehead atoms. The normalized spacial score (nSPS) is 10.5. The van der Waals surface area contributed by atoms with Crippen molar-refractivity contribution in [1.82, 2.24) is 0 Å². The van der Waals surface area contributed by atoms with E-state index in [2.05, 4.69) is 4.74 Å². The summed E-state index contributed by atoms with van der Waals surface area (Å²) in [6.07, 6.45) is 0. The number of ether oxygens (including phenoxy) is 1. The van der Waals surface area contributed by atoms with E-state index < -0.39 is 20.3 Å². The summed E-state index contributed by atoms with van der Waals surface area (Å²) in [7, 11) is -0.803. The molecule has 0 aliphatic rings. The number of carbonyl (C=O) groups excluding carboxylic acids is 2. The Morgan fingerprint density at radius 2 is 1.55 bits per heavy atom. The predicted molar refractivity (Wildman–Crippen MR) is 41.5 cm³/mol. The molecule has 0 aromatic rings. The lowest BCUT2D eigenvalue weighted by atomic mass is 10.7. The van der Waals surface area contributed by atoms with Crippen molar-refractivity contribution in [1.29, 1.82) is 0 Å². The Bertz CT molecular complexity index is 170. The van der Waals surface area contributed by atoms with Crippen molar-refractivity contribution < 1.29 is 18.8 Å². The summed E-state index contributed by atoms with van der Waals surface area (Å²) < 4.78 is 8.98. The summed E-state index contributed by atoms with van der Waals surface area (Å²) in [5.74, 6) is -1.83. The third-order valence-corrected chi connectivity index (χ3v) is 1.55. The lowest BCUT2D eigenvalue weighted by molar-refractivity contribution is -0.160. The lowest BCUT2D eigenvalue weighted by Gasteiger charge is -2.15. The van der Waals surface area contributed by atoms with Crippen LogP contribution in [0.3, 0.4) is 0 Å². The molecule has 0 saturated heterocycles. The number of rotatable bonds is 1. The van der Waals surface area contributed by atoms with Crippen LogP contribution in [0.25, 0.3) is 0 Å². The summed E-state index contributed by atoms with van der Waals surface area (Å²) in [6, 6.07) is 0. The van der Waals surface area contributed by atoms with Gasteiger partial charge in [-0.05, 0) is 19.6 Å². The number of esters is 1. The van der Waals surface area contributed by atoms with Crippen LogP contribution in [-0.4, -0.2) is 27.4 Å². The van der Waals surface area contributed by atoms with Gasteiger partial charge in [0.1, 0.15) is 0 Å². The predicted octanol–water partition coefficient (Wildman–Crippen LogP) is 0.537. The number of hydrogen-bond donors (Lipinski definition) is 0. The molecule has 0 saturated carbocycles. The summed E-state index contributed by atoms with van der Waals surface area (Å²) in [4.78, 5) is 21.2. The van der Waals surface area contributed by atoms with Crippen LogP contribution in [0.5, 0.6) is 0 Å². The maximum atomic E-state index is 10.7. The standard InChI is InChI=1S/C6H12O4Si/c1-9-5(7)6(8)10-11(2,3)4/h1-4H3. The van der Waals surface area contributed by atoms with Crippen LogP contribution < -0.4 is 0 Å². The second-order valence-corrected chi connectivity index (χ2v) is 7.42. The van der Waals surface area contributed by atoms with Gasteiger partial charge in [-0.25, -0.2) is 9.59 Å². The summed E-state index contributed by atoms with van der Waals surface area (Å²) in [5.41, 5.74) is 0. The second kappa shape index (κ2) is 3.52. The Hall–Kier alpha value is -0.843. The maximum absolute atomic E-state index is 10.7. The largest absolute Gasteiger partial charge is 0.512 e. The minimum atomic E-state index is -1.95. The van der Waals surface area contributed by atoms with E-state index in [-0.39, 0.29) is 0 Å². The van der Waals surface area contributed by atoms with E-state index in [4.69, 9.17) is 4.43 Å². The van der Waals surface area contributed by atoms with Crippen LogP contribution in [0.1, 0.15) is 0 Å². The van der Waals surface area contributed by atoms with Gasteiger partial charge in [0.2, 0.25) is 8.32 Å². The molecule has 0 rings (SSSR count). The molecule has 5 heteroatoms. The molecule has 0 atom stereocenters. The van der Waals surface area contributed by atoms with Crippen LogP contribution >= 0.6 is 0 Å². The van der Waals surface area contributed by atoms with Gasteiger partial charge in [0.05, 0.1) is 7.11 Å². The van der Waals surface area contributed by atoms with Crippen molar-refractivity contribution in [2.75, 3.05) is 7.11 Å². The minimum absolute atomic E-state index is 0.897. The fourth-order valence-corrected chi connectivity index (χ4v) is 1.04. The highest BCUT2D eigenvalue weighted by Crippen LogP contribution is 2.02. The molecular formula is C6H12O4Si. The van der Waals surface area contributed by atoms with Crippen LogP contribution in [0, 0.1) is 0 Å². The Kier molecular flexibility index (Phi) is 3.25. The molecule has 0 amide bonds. The van der Waals surface area contributed by atoms with E-state index in [0.29, 0.717) is 0 Å². The minimum Gasteiger partial charge on any atom is -0.512 e. The van der Waals surface area contributed by atoms with E-state index in [0.717, 1.165) is 7.11 Å². The van der Waals surface area contributed by atoms with E-state index in [1.54, 1.807) is 0 Å². The van der Waals surface area contributed by atoms with Crippen molar-refractivity contribution in [2.24, 2.45) is 0 Å². The average molecular weight is 176 g/mol. The van der Waals surface area contributed by atoms with Crippen molar-refractivity contribution in [2.45, 2.75) is 19.6 Å². The van der Waals surface area contributed by atoms with Gasteiger partial charge in [0.15, 0.2) is 0 Å². The zero-order valence-corrected chi connectivity index (χ0v) is 8.13. The molecule has 11 heavy (non-hydrogen) atoms. The first-order valence-corrected chi connectivity index (χ1v) is 6.59. The van der Waals surface area contributed by atoms with Gasteiger partial charge < -0.3 is 9.16 Å². The molecule has 0 fully saturated rings. The molecule has 0 N–H and O–H groups in total. The number of methoxy groups -OCH3 is 1. The van der Waals surface area contributed by atoms with Crippen molar-refractivity contribution in [3.63, 3.8) is 0 Å². The highest BCUT2D eigenvalue weighted by Gasteiger charge is 2.25. The highest BCUT2D eigenvalue weighted by molar-refractivity contribution is 6.72. The molecule has 0 radical (unpaired) electrons. The van der Waals surface area contributed by atoms with E-state index in [1.165, 1.54) is 0 Å². The molecule has 0 unspecified atom stereocenters. The van der Waals surface area contributed by atoms with Gasteiger partial charge in [-0.15, -0.1) is 0 Å². The SMILES string of the molecule is COC(=O)C(=O)O[Si](C)(C)C. The Balaban J connectivity index is 3.99. The molecular weight excluding hydrogens is 164 g/mol. The van der Waals surface area contributed by atoms with Crippen LogP contribution in [0.2, 0.25) is 19.6 Å². The van der Waals surface area contributed by atoms with Gasteiger partial charge in [0, 0.05) is 0 Å². The van der Waals surface area contributed by atoms with Crippen LogP contribution in [0.15, 0.2) is 0 Å². The zero-order valence-electron chi connectivity index (χ0n) is 7.13. The molecule has 0 aromatic heterocycles. The second-order valence-electron chi connectivity index (χ2n) is 2.99. The first-order valence-electron chi connectivity index (χ1n) is 3.18. The Labute approximate surface area is 66.6 Å². The summed E-state index contributed by atoms with van der Waals surface area (Å²) in [5, 5.41) is 0. The van der Waals surface area contributed by atoms with Gasteiger partial charge in [-0.2, -0.15) is 0 Å². The quantitative estimate of drug-likeness (QED) is 0.332. The van der Waals surface area contributed by atoms with Gasteiger partial charge >= 0.3 is 11.9 Å². The molecule has 0 heterocycles. The number of hydrogen-bond acceptors (Lipinski definition) is 4. The summed E-state index contributed by atoms with van der Waals surface area (Å²) >= 11 is 0. The van der Waals surface area contributed by atoms with Gasteiger partial charge in [0.25, 0.3) is 0 Å². The summed E-state index contributed by atoms with van der Waals surface area (Å²) in [6.45, 7) is 5.44. The monoisotopic (exact) mass is 176 g/mol. The molecule has 0 aromatic carbocycles. The zero-order chi connectivity index (χ0) is 9.07. The molecule has 0 aliphatic heterocycles. The lowest BCUT2D eigenvalue weighted by Crippen LogP contribution is -2.33. The third-order valence-electron chi connectivity index (χ3n) is 0.751. The Morgan fingerprint density at radius 1 is 1.09 bits per heavy atom. The topological polar surface area (TPSA) is 52.6 Å². The average Bonchev–Trinajstić information content (AvgIpc) is 1.82. The Morgan fingerprint density at radius 3 is 1.82 bits per heavy atom. The first kappa shape index (κ1) is 10.2. The van der Waals surface area contributed by atoms with Gasteiger partial charge in [-0.3, -0.25) is 0 Å². The molecule has 64 valence electrons. The van der Waals surface area contributed by atoms with E-state index in [9.17, 15) is 9.59 Å². The first-order chi connectivity index (χ1) is 4.87.